The van der Waals surface area contributed by atoms with Crippen molar-refractivity contribution >= 4 is 11.8 Å². The van der Waals surface area contributed by atoms with Crippen molar-refractivity contribution in [3.63, 3.8) is 0 Å². The van der Waals surface area contributed by atoms with E-state index in [1.54, 1.807) is 7.11 Å². The van der Waals surface area contributed by atoms with Crippen molar-refractivity contribution in [1.29, 1.82) is 0 Å². The Balaban J connectivity index is 2.24. The van der Waals surface area contributed by atoms with E-state index in [9.17, 15) is 9.59 Å². The number of methoxy groups -OCH3 is 1. The van der Waals surface area contributed by atoms with Crippen LogP contribution in [-0.2, 0) is 14.3 Å². The van der Waals surface area contributed by atoms with Crippen molar-refractivity contribution in [3.8, 4) is 0 Å². The average Bonchev–Trinajstić information content (AvgIpc) is 2.55. The van der Waals surface area contributed by atoms with Gasteiger partial charge in [0.15, 0.2) is 0 Å². The number of hydrogen-bond acceptors (Lipinski definition) is 5. The van der Waals surface area contributed by atoms with E-state index >= 15 is 0 Å². The maximum absolute atomic E-state index is 12.3. The highest BCUT2D eigenvalue weighted by molar-refractivity contribution is 5.79. The number of rotatable bonds is 10. The van der Waals surface area contributed by atoms with Crippen LogP contribution in [0.25, 0.3) is 0 Å². The Morgan fingerprint density at radius 2 is 1.92 bits per heavy atom. The Morgan fingerprint density at radius 3 is 2.50 bits per heavy atom. The van der Waals surface area contributed by atoms with Crippen LogP contribution in [0.3, 0.4) is 0 Å². The minimum atomic E-state index is 0.0713. The van der Waals surface area contributed by atoms with E-state index in [-0.39, 0.29) is 17.9 Å². The minimum Gasteiger partial charge on any atom is -0.385 e. The molecule has 1 aliphatic rings. The molecule has 0 aromatic carbocycles. The van der Waals surface area contributed by atoms with Crippen molar-refractivity contribution in [3.05, 3.63) is 0 Å². The van der Waals surface area contributed by atoms with Gasteiger partial charge in [0.05, 0.1) is 13.1 Å². The Kier molecular flexibility index (Phi) is 9.90. The van der Waals surface area contributed by atoms with Crippen molar-refractivity contribution in [2.75, 3.05) is 66.6 Å². The number of carbonyl (C=O) groups excluding carboxylic acids is 2. The lowest BCUT2D eigenvalue weighted by Gasteiger charge is -2.35. The zero-order valence-electron chi connectivity index (χ0n) is 15.7. The number of carbonyl (C=O) groups is 2. The molecule has 1 fully saturated rings. The lowest BCUT2D eigenvalue weighted by atomic mass is 10.2. The van der Waals surface area contributed by atoms with Crippen molar-refractivity contribution < 1.29 is 14.3 Å². The minimum absolute atomic E-state index is 0.0713. The Hall–Kier alpha value is -1.18. The van der Waals surface area contributed by atoms with Gasteiger partial charge in [-0.1, -0.05) is 6.92 Å². The summed E-state index contributed by atoms with van der Waals surface area (Å²) in [4.78, 5) is 30.3. The summed E-state index contributed by atoms with van der Waals surface area (Å²) in [6.07, 6.45) is 1.87. The van der Waals surface area contributed by atoms with E-state index in [1.807, 2.05) is 23.8 Å². The van der Waals surface area contributed by atoms with E-state index in [2.05, 4.69) is 17.1 Å². The normalized spacial score (nSPS) is 17.1. The van der Waals surface area contributed by atoms with Crippen LogP contribution < -0.4 is 5.32 Å². The van der Waals surface area contributed by atoms with Gasteiger partial charge in [-0.15, -0.1) is 0 Å². The van der Waals surface area contributed by atoms with Gasteiger partial charge in [0.2, 0.25) is 11.8 Å². The smallest absolute Gasteiger partial charge is 0.236 e. The molecule has 24 heavy (non-hydrogen) atoms. The van der Waals surface area contributed by atoms with Crippen molar-refractivity contribution in [2.24, 2.45) is 0 Å². The molecular weight excluding hydrogens is 308 g/mol. The van der Waals surface area contributed by atoms with Gasteiger partial charge in [-0.05, 0) is 26.8 Å². The summed E-state index contributed by atoms with van der Waals surface area (Å²) in [5.41, 5.74) is 0. The third kappa shape index (κ3) is 8.08. The first kappa shape index (κ1) is 20.9. The fraction of sp³-hybridized carbons (Fsp3) is 0.882. The molecule has 1 unspecified atom stereocenters. The summed E-state index contributed by atoms with van der Waals surface area (Å²) < 4.78 is 5.03. The van der Waals surface area contributed by atoms with Crippen LogP contribution >= 0.6 is 0 Å². The number of nitrogens with one attached hydrogen (secondary N) is 1. The van der Waals surface area contributed by atoms with E-state index in [0.717, 1.165) is 39.1 Å². The molecule has 1 heterocycles. The highest BCUT2D eigenvalue weighted by Crippen LogP contribution is 2.03. The summed E-state index contributed by atoms with van der Waals surface area (Å²) >= 11 is 0. The van der Waals surface area contributed by atoms with Crippen LogP contribution in [0.4, 0.5) is 0 Å². The number of piperazine rings is 1. The number of likely N-dealkylation sites (N-methyl/N-ethyl adjacent to an activating group) is 1. The molecule has 0 spiro atoms. The predicted molar refractivity (Wildman–Crippen MR) is 94.9 cm³/mol. The maximum atomic E-state index is 12.3. The van der Waals surface area contributed by atoms with Gasteiger partial charge >= 0.3 is 0 Å². The molecule has 2 amide bonds. The number of nitrogens with zero attached hydrogens (tertiary/aromatic N) is 3. The van der Waals surface area contributed by atoms with Crippen LogP contribution in [-0.4, -0.2) is 99.1 Å². The molecule has 0 bridgehead atoms. The molecule has 1 saturated heterocycles. The summed E-state index contributed by atoms with van der Waals surface area (Å²) in [6, 6.07) is 0.217. The first-order valence-electron chi connectivity index (χ1n) is 8.93. The molecule has 0 saturated carbocycles. The van der Waals surface area contributed by atoms with Gasteiger partial charge in [0.1, 0.15) is 0 Å². The van der Waals surface area contributed by atoms with Gasteiger partial charge < -0.3 is 15.0 Å². The zero-order valence-corrected chi connectivity index (χ0v) is 15.7. The van der Waals surface area contributed by atoms with Crippen LogP contribution in [0, 0.1) is 0 Å². The lowest BCUT2D eigenvalue weighted by molar-refractivity contribution is -0.134. The first-order chi connectivity index (χ1) is 11.5. The molecular formula is C17H34N4O3. The second-order valence-electron chi connectivity index (χ2n) is 6.62. The van der Waals surface area contributed by atoms with Crippen LogP contribution in [0.2, 0.25) is 0 Å². The third-order valence-electron chi connectivity index (χ3n) is 4.41. The van der Waals surface area contributed by atoms with Gasteiger partial charge in [-0.25, -0.2) is 0 Å². The van der Waals surface area contributed by atoms with E-state index in [4.69, 9.17) is 4.74 Å². The lowest BCUT2D eigenvalue weighted by Crippen LogP contribution is -2.53. The van der Waals surface area contributed by atoms with Crippen LogP contribution in [0.5, 0.6) is 0 Å². The Morgan fingerprint density at radius 1 is 1.25 bits per heavy atom. The van der Waals surface area contributed by atoms with Gasteiger partial charge in [-0.3, -0.25) is 19.4 Å². The number of ether oxygens (including phenoxy) is 1. The molecule has 0 radical (unpaired) electrons. The second-order valence-corrected chi connectivity index (χ2v) is 6.62. The summed E-state index contributed by atoms with van der Waals surface area (Å²) in [6.45, 7) is 9.41. The third-order valence-corrected chi connectivity index (χ3v) is 4.41. The van der Waals surface area contributed by atoms with Crippen molar-refractivity contribution in [2.45, 2.75) is 32.7 Å². The molecule has 0 aromatic heterocycles. The average molecular weight is 342 g/mol. The molecule has 0 aliphatic carbocycles. The fourth-order valence-electron chi connectivity index (χ4n) is 2.67. The van der Waals surface area contributed by atoms with E-state index in [1.165, 1.54) is 0 Å². The SMILES string of the molecule is CCC(C)NC(=O)CN1CCN(C(=O)CN(C)CCCOC)CC1. The standard InChI is InChI=1S/C17H34N4O3/c1-5-15(2)18-16(22)13-20-8-10-21(11-9-20)17(23)14-19(3)7-6-12-24-4/h15H,5-14H2,1-4H3,(H,18,22). The largest absolute Gasteiger partial charge is 0.385 e. The van der Waals surface area contributed by atoms with E-state index < -0.39 is 0 Å². The topological polar surface area (TPSA) is 65.1 Å². The van der Waals surface area contributed by atoms with Crippen molar-refractivity contribution in [1.82, 2.24) is 20.0 Å². The second kappa shape index (κ2) is 11.4. The molecule has 7 nitrogen and oxygen atoms in total. The highest BCUT2D eigenvalue weighted by atomic mass is 16.5. The summed E-state index contributed by atoms with van der Waals surface area (Å²) in [5, 5.41) is 2.98. The fourth-order valence-corrected chi connectivity index (χ4v) is 2.67. The van der Waals surface area contributed by atoms with E-state index in [0.29, 0.717) is 26.2 Å². The summed E-state index contributed by atoms with van der Waals surface area (Å²) in [7, 11) is 3.65. The van der Waals surface area contributed by atoms with Gasteiger partial charge in [-0.2, -0.15) is 0 Å². The van der Waals surface area contributed by atoms with Gasteiger partial charge in [0, 0.05) is 52.5 Å². The Labute approximate surface area is 146 Å². The summed E-state index contributed by atoms with van der Waals surface area (Å²) in [5.74, 6) is 0.237. The first-order valence-corrected chi connectivity index (χ1v) is 8.93. The molecule has 0 aromatic rings. The number of hydrogen-bond donors (Lipinski definition) is 1. The molecule has 1 N–H and O–H groups in total. The zero-order chi connectivity index (χ0) is 17.9. The molecule has 1 atom stereocenters. The quantitative estimate of drug-likeness (QED) is 0.567. The maximum Gasteiger partial charge on any atom is 0.236 e. The highest BCUT2D eigenvalue weighted by Gasteiger charge is 2.23. The molecule has 140 valence electrons. The molecule has 1 rings (SSSR count). The van der Waals surface area contributed by atoms with Crippen LogP contribution in [0.15, 0.2) is 0 Å². The van der Waals surface area contributed by atoms with Gasteiger partial charge in [0.25, 0.3) is 0 Å². The molecule has 1 aliphatic heterocycles. The predicted octanol–water partition coefficient (Wildman–Crippen LogP) is 0.0136. The Bertz CT molecular complexity index is 384. The monoisotopic (exact) mass is 342 g/mol. The van der Waals surface area contributed by atoms with Crippen LogP contribution in [0.1, 0.15) is 26.7 Å². The molecule has 7 heteroatoms. The number of amides is 2.